The van der Waals surface area contributed by atoms with E-state index in [4.69, 9.17) is 14.2 Å². The quantitative estimate of drug-likeness (QED) is 0.539. The minimum absolute atomic E-state index is 0.136. The minimum Gasteiger partial charge on any atom is -0.454 e. The molecule has 0 bridgehead atoms. The van der Waals surface area contributed by atoms with Gasteiger partial charge in [0.05, 0.1) is 11.1 Å². The molecule has 6 nitrogen and oxygen atoms in total. The van der Waals surface area contributed by atoms with Gasteiger partial charge in [-0.3, -0.25) is 9.78 Å². The molecule has 0 amide bonds. The molecule has 0 spiro atoms. The Morgan fingerprint density at radius 1 is 1.04 bits per heavy atom. The number of ether oxygens (including phenoxy) is 3. The third-order valence-electron chi connectivity index (χ3n) is 3.89. The average molecular weight is 335 g/mol. The van der Waals surface area contributed by atoms with Crippen LogP contribution in [0.4, 0.5) is 0 Å². The van der Waals surface area contributed by atoms with Crippen molar-refractivity contribution in [1.29, 1.82) is 0 Å². The van der Waals surface area contributed by atoms with Gasteiger partial charge in [-0.15, -0.1) is 0 Å². The van der Waals surface area contributed by atoms with Crippen LogP contribution >= 0.6 is 0 Å². The highest BCUT2D eigenvalue weighted by atomic mass is 16.7. The van der Waals surface area contributed by atoms with E-state index >= 15 is 0 Å². The Morgan fingerprint density at radius 2 is 1.92 bits per heavy atom. The van der Waals surface area contributed by atoms with Crippen LogP contribution in [-0.4, -0.2) is 30.1 Å². The topological polar surface area (TPSA) is 74.7 Å². The van der Waals surface area contributed by atoms with Crippen LogP contribution in [0.2, 0.25) is 0 Å². The van der Waals surface area contributed by atoms with Crippen LogP contribution in [-0.2, 0) is 4.74 Å². The highest BCUT2D eigenvalue weighted by Crippen LogP contribution is 2.32. The molecule has 0 N–H and O–H groups in total. The first-order chi connectivity index (χ1) is 12.2. The maximum atomic E-state index is 12.3. The number of nitrogens with zero attached hydrogens (tertiary/aromatic N) is 1. The molecule has 0 fully saturated rings. The fourth-order valence-electron chi connectivity index (χ4n) is 2.64. The molecule has 124 valence electrons. The molecule has 0 atom stereocenters. The number of fused-ring (bicyclic) bond motifs is 2. The summed E-state index contributed by atoms with van der Waals surface area (Å²) in [5.74, 6) is 0.229. The van der Waals surface area contributed by atoms with Gasteiger partial charge in [0.15, 0.2) is 23.9 Å². The first kappa shape index (κ1) is 15.1. The van der Waals surface area contributed by atoms with Crippen LogP contribution < -0.4 is 9.47 Å². The number of hydrogen-bond acceptors (Lipinski definition) is 6. The number of carbonyl (C=O) groups excluding carboxylic acids is 2. The monoisotopic (exact) mass is 335 g/mol. The van der Waals surface area contributed by atoms with Crippen LogP contribution in [0.25, 0.3) is 10.9 Å². The molecule has 4 rings (SSSR count). The molecule has 0 saturated carbocycles. The van der Waals surface area contributed by atoms with Crippen molar-refractivity contribution in [2.75, 3.05) is 13.4 Å². The minimum atomic E-state index is -0.562. The number of ketones is 1. The Kier molecular flexibility index (Phi) is 3.78. The molecule has 2 aromatic carbocycles. The fourth-order valence-corrected chi connectivity index (χ4v) is 2.64. The second-order valence-electron chi connectivity index (χ2n) is 5.44. The van der Waals surface area contributed by atoms with E-state index in [0.717, 1.165) is 0 Å². The zero-order valence-electron chi connectivity index (χ0n) is 13.1. The summed E-state index contributed by atoms with van der Waals surface area (Å²) < 4.78 is 15.6. The van der Waals surface area contributed by atoms with Crippen molar-refractivity contribution in [1.82, 2.24) is 4.98 Å². The number of rotatable bonds is 4. The lowest BCUT2D eigenvalue weighted by Gasteiger charge is -2.07. The molecule has 1 aliphatic rings. The van der Waals surface area contributed by atoms with E-state index < -0.39 is 5.97 Å². The predicted molar refractivity (Wildman–Crippen MR) is 88.9 cm³/mol. The number of hydrogen-bond donors (Lipinski definition) is 0. The summed E-state index contributed by atoms with van der Waals surface area (Å²) in [4.78, 5) is 28.8. The van der Waals surface area contributed by atoms with E-state index in [2.05, 4.69) is 4.98 Å². The molecule has 6 heteroatoms. The summed E-state index contributed by atoms with van der Waals surface area (Å²) in [6.07, 6.45) is 1.65. The lowest BCUT2D eigenvalue weighted by molar-refractivity contribution is 0.0476. The largest absolute Gasteiger partial charge is 0.454 e. The van der Waals surface area contributed by atoms with Crippen LogP contribution in [0.15, 0.2) is 54.7 Å². The number of carbonyl (C=O) groups is 2. The maximum Gasteiger partial charge on any atom is 0.339 e. The second-order valence-corrected chi connectivity index (χ2v) is 5.44. The second kappa shape index (κ2) is 6.24. The van der Waals surface area contributed by atoms with Gasteiger partial charge in [-0.2, -0.15) is 0 Å². The van der Waals surface area contributed by atoms with Gasteiger partial charge >= 0.3 is 5.97 Å². The lowest BCUT2D eigenvalue weighted by Crippen LogP contribution is -2.14. The Morgan fingerprint density at radius 3 is 2.84 bits per heavy atom. The zero-order valence-corrected chi connectivity index (χ0v) is 13.1. The van der Waals surface area contributed by atoms with E-state index in [1.807, 2.05) is 6.07 Å². The molecule has 25 heavy (non-hydrogen) atoms. The number of benzene rings is 2. The van der Waals surface area contributed by atoms with Crippen molar-refractivity contribution >= 4 is 22.7 Å². The van der Waals surface area contributed by atoms with Crippen LogP contribution in [0.3, 0.4) is 0 Å². The van der Waals surface area contributed by atoms with Gasteiger partial charge in [-0.1, -0.05) is 12.1 Å². The molecule has 3 aromatic rings. The molecule has 0 radical (unpaired) electrons. The Balaban J connectivity index is 1.49. The van der Waals surface area contributed by atoms with Gasteiger partial charge in [0, 0.05) is 17.1 Å². The molecule has 1 aromatic heterocycles. The SMILES string of the molecule is O=C(COC(=O)c1cccc2ncccc12)c1ccc2c(c1)OCO2. The van der Waals surface area contributed by atoms with Crippen LogP contribution in [0, 0.1) is 0 Å². The zero-order chi connectivity index (χ0) is 17.2. The molecule has 2 heterocycles. The Labute approximate surface area is 143 Å². The van der Waals surface area contributed by atoms with Crippen molar-refractivity contribution in [3.63, 3.8) is 0 Å². The van der Waals surface area contributed by atoms with Gasteiger partial charge in [0.1, 0.15) is 0 Å². The van der Waals surface area contributed by atoms with Crippen molar-refractivity contribution in [2.45, 2.75) is 0 Å². The Bertz CT molecular complexity index is 977. The average Bonchev–Trinajstić information content (AvgIpc) is 3.13. The third-order valence-corrected chi connectivity index (χ3v) is 3.89. The summed E-state index contributed by atoms with van der Waals surface area (Å²) in [6, 6.07) is 13.6. The van der Waals surface area contributed by atoms with Gasteiger partial charge in [-0.25, -0.2) is 4.79 Å². The summed E-state index contributed by atoms with van der Waals surface area (Å²) in [7, 11) is 0. The van der Waals surface area contributed by atoms with Crippen LogP contribution in [0.5, 0.6) is 11.5 Å². The molecule has 0 saturated heterocycles. The molecular formula is C19H13NO5. The summed E-state index contributed by atoms with van der Waals surface area (Å²) >= 11 is 0. The maximum absolute atomic E-state index is 12.3. The first-order valence-corrected chi connectivity index (χ1v) is 7.66. The predicted octanol–water partition coefficient (Wildman–Crippen LogP) is 3.00. The van der Waals surface area contributed by atoms with E-state index in [9.17, 15) is 9.59 Å². The van der Waals surface area contributed by atoms with Gasteiger partial charge in [0.25, 0.3) is 0 Å². The lowest BCUT2D eigenvalue weighted by atomic mass is 10.1. The van der Waals surface area contributed by atoms with E-state index in [1.54, 1.807) is 48.7 Å². The van der Waals surface area contributed by atoms with E-state index in [1.165, 1.54) is 0 Å². The normalized spacial score (nSPS) is 12.2. The summed E-state index contributed by atoms with van der Waals surface area (Å²) in [5, 5.41) is 0.686. The smallest absolute Gasteiger partial charge is 0.339 e. The first-order valence-electron chi connectivity index (χ1n) is 7.66. The summed E-state index contributed by atoms with van der Waals surface area (Å²) in [6.45, 7) is -0.216. The molecule has 0 unspecified atom stereocenters. The van der Waals surface area contributed by atoms with Gasteiger partial charge < -0.3 is 14.2 Å². The highest BCUT2D eigenvalue weighted by molar-refractivity contribution is 6.05. The van der Waals surface area contributed by atoms with Crippen molar-refractivity contribution in [2.24, 2.45) is 0 Å². The number of esters is 1. The van der Waals surface area contributed by atoms with Crippen LogP contribution in [0.1, 0.15) is 20.7 Å². The molecule has 0 aliphatic carbocycles. The summed E-state index contributed by atoms with van der Waals surface area (Å²) in [5.41, 5.74) is 1.47. The fraction of sp³-hybridized carbons (Fsp3) is 0.105. The van der Waals surface area contributed by atoms with E-state index in [0.29, 0.717) is 33.5 Å². The molecule has 1 aliphatic heterocycles. The standard InChI is InChI=1S/C19H13NO5/c21-16(12-6-7-17-18(9-12)25-11-24-17)10-23-19(22)14-3-1-5-15-13(14)4-2-8-20-15/h1-9H,10-11H2. The van der Waals surface area contributed by atoms with Gasteiger partial charge in [-0.05, 0) is 36.4 Å². The number of aromatic nitrogens is 1. The number of pyridine rings is 1. The van der Waals surface area contributed by atoms with Crippen molar-refractivity contribution in [3.05, 3.63) is 65.9 Å². The van der Waals surface area contributed by atoms with Gasteiger partial charge in [0.2, 0.25) is 6.79 Å². The highest BCUT2D eigenvalue weighted by Gasteiger charge is 2.18. The van der Waals surface area contributed by atoms with Crippen molar-refractivity contribution < 1.29 is 23.8 Å². The molecular weight excluding hydrogens is 322 g/mol. The van der Waals surface area contributed by atoms with Crippen molar-refractivity contribution in [3.8, 4) is 11.5 Å². The number of Topliss-reactive ketones (excluding diaryl/α,β-unsaturated/α-hetero) is 1. The van der Waals surface area contributed by atoms with E-state index in [-0.39, 0.29) is 19.2 Å². The third kappa shape index (κ3) is 2.89. The Hall–Kier alpha value is -3.41.